The van der Waals surface area contributed by atoms with Gasteiger partial charge >= 0.3 is 5.97 Å². The summed E-state index contributed by atoms with van der Waals surface area (Å²) < 4.78 is 4.98. The van der Waals surface area contributed by atoms with E-state index in [0.29, 0.717) is 35.1 Å². The average Bonchev–Trinajstić information content (AvgIpc) is 2.95. The van der Waals surface area contributed by atoms with Crippen molar-refractivity contribution in [1.29, 1.82) is 0 Å². The molecular formula is C16H19ClN2O3. The van der Waals surface area contributed by atoms with Crippen LogP contribution in [0.5, 0.6) is 0 Å². The van der Waals surface area contributed by atoms with Gasteiger partial charge in [-0.1, -0.05) is 17.7 Å². The summed E-state index contributed by atoms with van der Waals surface area (Å²) in [6, 6.07) is 7.25. The Bertz CT molecular complexity index is 653. The van der Waals surface area contributed by atoms with Gasteiger partial charge in [-0.25, -0.2) is 4.79 Å². The maximum absolute atomic E-state index is 11.8. The van der Waals surface area contributed by atoms with E-state index in [0.717, 1.165) is 5.56 Å². The van der Waals surface area contributed by atoms with Crippen molar-refractivity contribution in [2.24, 2.45) is 0 Å². The van der Waals surface area contributed by atoms with Crippen molar-refractivity contribution in [1.82, 2.24) is 4.98 Å². The molecule has 0 radical (unpaired) electrons. The highest BCUT2D eigenvalue weighted by Crippen LogP contribution is 2.24. The van der Waals surface area contributed by atoms with Crippen LogP contribution in [0.25, 0.3) is 0 Å². The summed E-state index contributed by atoms with van der Waals surface area (Å²) in [6.07, 6.45) is 1.05. The van der Waals surface area contributed by atoms with E-state index in [-0.39, 0.29) is 0 Å². The fourth-order valence-corrected chi connectivity index (χ4v) is 2.38. The molecule has 0 fully saturated rings. The molecule has 0 saturated carbocycles. The van der Waals surface area contributed by atoms with Crippen LogP contribution in [0, 0.1) is 0 Å². The predicted molar refractivity (Wildman–Crippen MR) is 86.2 cm³/mol. The van der Waals surface area contributed by atoms with Gasteiger partial charge in [-0.3, -0.25) is 0 Å². The molecule has 1 heterocycles. The number of aromatic amines is 1. The summed E-state index contributed by atoms with van der Waals surface area (Å²) in [5.74, 6) is -0.393. The van der Waals surface area contributed by atoms with E-state index < -0.39 is 12.1 Å². The van der Waals surface area contributed by atoms with E-state index in [9.17, 15) is 9.90 Å². The molecule has 22 heavy (non-hydrogen) atoms. The van der Waals surface area contributed by atoms with Crippen LogP contribution in [0.15, 0.2) is 30.5 Å². The number of carbonyl (C=O) groups excluding carboxylic acids is 1. The molecule has 3 N–H and O–H groups in total. The van der Waals surface area contributed by atoms with Crippen LogP contribution < -0.4 is 5.32 Å². The van der Waals surface area contributed by atoms with E-state index in [1.165, 1.54) is 0 Å². The Hall–Kier alpha value is -1.98. The Morgan fingerprint density at radius 1 is 1.45 bits per heavy atom. The smallest absolute Gasteiger partial charge is 0.356 e. The maximum Gasteiger partial charge on any atom is 0.356 e. The summed E-state index contributed by atoms with van der Waals surface area (Å²) in [5.41, 5.74) is 2.70. The maximum atomic E-state index is 11.8. The SMILES string of the molecule is CCOC(=O)c1[nH]ccc1NCc1ccc(Cl)c(C(C)O)c1. The van der Waals surface area contributed by atoms with Crippen LogP contribution >= 0.6 is 11.6 Å². The third kappa shape index (κ3) is 3.81. The Balaban J connectivity index is 2.09. The quantitative estimate of drug-likeness (QED) is 0.711. The number of ether oxygens (including phenoxy) is 1. The number of benzene rings is 1. The molecule has 2 aromatic rings. The molecule has 0 spiro atoms. The number of hydrogen-bond donors (Lipinski definition) is 3. The minimum atomic E-state index is -0.630. The van der Waals surface area contributed by atoms with E-state index in [1.807, 2.05) is 12.1 Å². The van der Waals surface area contributed by atoms with Crippen molar-refractivity contribution in [3.63, 3.8) is 0 Å². The molecule has 5 nitrogen and oxygen atoms in total. The first kappa shape index (κ1) is 16.4. The largest absolute Gasteiger partial charge is 0.461 e. The first-order valence-electron chi connectivity index (χ1n) is 7.07. The summed E-state index contributed by atoms with van der Waals surface area (Å²) in [4.78, 5) is 14.6. The zero-order chi connectivity index (χ0) is 16.1. The molecule has 0 aliphatic heterocycles. The van der Waals surface area contributed by atoms with Gasteiger partial charge in [-0.15, -0.1) is 0 Å². The van der Waals surface area contributed by atoms with E-state index in [4.69, 9.17) is 16.3 Å². The Morgan fingerprint density at radius 2 is 2.23 bits per heavy atom. The van der Waals surface area contributed by atoms with E-state index >= 15 is 0 Å². The van der Waals surface area contributed by atoms with Gasteiger partial charge in [-0.2, -0.15) is 0 Å². The molecule has 1 aromatic carbocycles. The Morgan fingerprint density at radius 3 is 2.91 bits per heavy atom. The number of aliphatic hydroxyl groups excluding tert-OH is 1. The summed E-state index contributed by atoms with van der Waals surface area (Å²) in [5, 5.41) is 13.4. The van der Waals surface area contributed by atoms with E-state index in [2.05, 4.69) is 10.3 Å². The lowest BCUT2D eigenvalue weighted by atomic mass is 10.1. The first-order valence-corrected chi connectivity index (χ1v) is 7.45. The number of halogens is 1. The van der Waals surface area contributed by atoms with Gasteiger partial charge in [0.2, 0.25) is 0 Å². The highest BCUT2D eigenvalue weighted by Gasteiger charge is 2.14. The molecule has 0 saturated heterocycles. The van der Waals surface area contributed by atoms with Crippen molar-refractivity contribution in [2.45, 2.75) is 26.5 Å². The zero-order valence-electron chi connectivity index (χ0n) is 12.5. The number of nitrogens with one attached hydrogen (secondary N) is 2. The van der Waals surface area contributed by atoms with Gasteiger partial charge < -0.3 is 20.1 Å². The van der Waals surface area contributed by atoms with Crippen molar-refractivity contribution in [2.75, 3.05) is 11.9 Å². The van der Waals surface area contributed by atoms with Crippen LogP contribution in [-0.4, -0.2) is 22.7 Å². The Kier molecular flexibility index (Phi) is 5.46. The summed E-state index contributed by atoms with van der Waals surface area (Å²) in [6.45, 7) is 4.26. The normalized spacial score (nSPS) is 12.0. The van der Waals surface area contributed by atoms with E-state index in [1.54, 1.807) is 32.2 Å². The number of hydrogen-bond acceptors (Lipinski definition) is 4. The summed E-state index contributed by atoms with van der Waals surface area (Å²) >= 11 is 6.05. The minimum absolute atomic E-state index is 0.326. The number of aromatic nitrogens is 1. The zero-order valence-corrected chi connectivity index (χ0v) is 13.3. The summed E-state index contributed by atoms with van der Waals surface area (Å²) in [7, 11) is 0. The predicted octanol–water partition coefficient (Wildman–Crippen LogP) is 3.51. The topological polar surface area (TPSA) is 74.4 Å². The second-order valence-electron chi connectivity index (χ2n) is 4.87. The number of rotatable bonds is 6. The molecule has 118 valence electrons. The Labute approximate surface area is 134 Å². The van der Waals surface area contributed by atoms with Crippen LogP contribution in [0.2, 0.25) is 5.02 Å². The third-order valence-electron chi connectivity index (χ3n) is 3.22. The van der Waals surface area contributed by atoms with Crippen LogP contribution in [0.1, 0.15) is 41.6 Å². The molecule has 1 unspecified atom stereocenters. The number of carbonyl (C=O) groups is 1. The molecular weight excluding hydrogens is 304 g/mol. The number of H-pyrrole nitrogens is 1. The lowest BCUT2D eigenvalue weighted by molar-refractivity contribution is 0.0521. The highest BCUT2D eigenvalue weighted by atomic mass is 35.5. The lowest BCUT2D eigenvalue weighted by Gasteiger charge is -2.11. The standard InChI is InChI=1S/C16H19ClN2O3/c1-3-22-16(21)15-14(6-7-18-15)19-9-11-4-5-13(17)12(8-11)10(2)20/h4-8,10,18-20H,3,9H2,1-2H3. The van der Waals surface area contributed by atoms with Crippen molar-refractivity contribution in [3.8, 4) is 0 Å². The molecule has 6 heteroatoms. The van der Waals surface area contributed by atoms with Gasteiger partial charge in [0.05, 0.1) is 18.4 Å². The fourth-order valence-electron chi connectivity index (χ4n) is 2.11. The number of anilines is 1. The first-order chi connectivity index (χ1) is 10.5. The van der Waals surface area contributed by atoms with Gasteiger partial charge in [0.15, 0.2) is 0 Å². The highest BCUT2D eigenvalue weighted by molar-refractivity contribution is 6.31. The number of esters is 1. The van der Waals surface area contributed by atoms with Crippen molar-refractivity contribution < 1.29 is 14.6 Å². The van der Waals surface area contributed by atoms with Gasteiger partial charge in [-0.05, 0) is 43.2 Å². The van der Waals surface area contributed by atoms with Crippen LogP contribution in [0.4, 0.5) is 5.69 Å². The minimum Gasteiger partial charge on any atom is -0.461 e. The third-order valence-corrected chi connectivity index (χ3v) is 3.56. The molecule has 0 aliphatic rings. The fraction of sp³-hybridized carbons (Fsp3) is 0.312. The van der Waals surface area contributed by atoms with Crippen molar-refractivity contribution >= 4 is 23.3 Å². The number of aliphatic hydroxyl groups is 1. The molecule has 2 rings (SSSR count). The monoisotopic (exact) mass is 322 g/mol. The molecule has 0 amide bonds. The van der Waals surface area contributed by atoms with Crippen LogP contribution in [-0.2, 0) is 11.3 Å². The van der Waals surface area contributed by atoms with Gasteiger partial charge in [0.1, 0.15) is 5.69 Å². The lowest BCUT2D eigenvalue weighted by Crippen LogP contribution is -2.09. The molecule has 0 aliphatic carbocycles. The average molecular weight is 323 g/mol. The van der Waals surface area contributed by atoms with Crippen molar-refractivity contribution in [3.05, 3.63) is 52.3 Å². The van der Waals surface area contributed by atoms with Gasteiger partial charge in [0, 0.05) is 17.8 Å². The van der Waals surface area contributed by atoms with Crippen LogP contribution in [0.3, 0.4) is 0 Å². The second-order valence-corrected chi connectivity index (χ2v) is 5.28. The van der Waals surface area contributed by atoms with Gasteiger partial charge in [0.25, 0.3) is 0 Å². The molecule has 1 aromatic heterocycles. The molecule has 0 bridgehead atoms. The second kappa shape index (κ2) is 7.33. The molecule has 1 atom stereocenters.